The Labute approximate surface area is 113 Å². The summed E-state index contributed by atoms with van der Waals surface area (Å²) in [7, 11) is 0. The van der Waals surface area contributed by atoms with Crippen molar-refractivity contribution in [2.45, 2.75) is 25.2 Å². The number of phenolic OH excluding ortho intramolecular Hbond substituents is 1. The third kappa shape index (κ3) is 1.71. The van der Waals surface area contributed by atoms with Gasteiger partial charge in [0.15, 0.2) is 5.82 Å². The minimum Gasteiger partial charge on any atom is -0.508 e. The van der Waals surface area contributed by atoms with Crippen molar-refractivity contribution in [2.24, 2.45) is 0 Å². The summed E-state index contributed by atoms with van der Waals surface area (Å²) in [5, 5.41) is 23.4. The molecule has 1 N–H and O–H groups in total. The van der Waals surface area contributed by atoms with Crippen molar-refractivity contribution in [3.63, 3.8) is 0 Å². The lowest BCUT2D eigenvalue weighted by atomic mass is 9.85. The zero-order valence-corrected chi connectivity index (χ0v) is 11.0. The van der Waals surface area contributed by atoms with Gasteiger partial charge in [0.05, 0.1) is 0 Å². The fraction of sp³-hybridized carbons (Fsp3) is 0.308. The van der Waals surface area contributed by atoms with Crippen LogP contribution in [-0.4, -0.2) is 24.9 Å². The standard InChI is InChI=1S/C13H12N4OS/c18-10-6-2-5-9(7-10)12-16-17-11(8-3-1-4-8)14-15-13(17)19-12/h2,5-8,18H,1,3-4H2. The van der Waals surface area contributed by atoms with Gasteiger partial charge in [0, 0.05) is 11.5 Å². The predicted molar refractivity (Wildman–Crippen MR) is 72.4 cm³/mol. The summed E-state index contributed by atoms with van der Waals surface area (Å²) in [6.45, 7) is 0. The Bertz CT molecular complexity index is 744. The first-order chi connectivity index (χ1) is 9.31. The van der Waals surface area contributed by atoms with E-state index in [1.165, 1.54) is 30.6 Å². The molecule has 0 atom stereocenters. The van der Waals surface area contributed by atoms with Gasteiger partial charge in [-0.25, -0.2) is 0 Å². The van der Waals surface area contributed by atoms with E-state index in [4.69, 9.17) is 0 Å². The van der Waals surface area contributed by atoms with Crippen molar-refractivity contribution < 1.29 is 5.11 Å². The molecule has 1 saturated carbocycles. The highest BCUT2D eigenvalue weighted by Gasteiger charge is 2.26. The van der Waals surface area contributed by atoms with Crippen LogP contribution in [0.1, 0.15) is 31.0 Å². The van der Waals surface area contributed by atoms with Gasteiger partial charge in [0.1, 0.15) is 10.8 Å². The number of benzene rings is 1. The van der Waals surface area contributed by atoms with Gasteiger partial charge in [0.2, 0.25) is 4.96 Å². The highest BCUT2D eigenvalue weighted by molar-refractivity contribution is 7.19. The van der Waals surface area contributed by atoms with E-state index in [-0.39, 0.29) is 5.75 Å². The number of aromatic hydroxyl groups is 1. The van der Waals surface area contributed by atoms with Gasteiger partial charge in [-0.05, 0) is 25.0 Å². The van der Waals surface area contributed by atoms with Crippen LogP contribution in [0.4, 0.5) is 0 Å². The first-order valence-electron chi connectivity index (χ1n) is 6.33. The molecule has 5 nitrogen and oxygen atoms in total. The molecular formula is C13H12N4OS. The van der Waals surface area contributed by atoms with Crippen LogP contribution < -0.4 is 0 Å². The normalized spacial score (nSPS) is 15.8. The topological polar surface area (TPSA) is 63.3 Å². The lowest BCUT2D eigenvalue weighted by Crippen LogP contribution is -2.12. The SMILES string of the molecule is Oc1cccc(-c2nn3c(C4CCC4)nnc3s2)c1. The first kappa shape index (κ1) is 10.9. The first-order valence-corrected chi connectivity index (χ1v) is 7.14. The average molecular weight is 272 g/mol. The van der Waals surface area contributed by atoms with Gasteiger partial charge in [-0.1, -0.05) is 29.9 Å². The molecule has 96 valence electrons. The monoisotopic (exact) mass is 272 g/mol. The van der Waals surface area contributed by atoms with Gasteiger partial charge < -0.3 is 5.11 Å². The third-order valence-electron chi connectivity index (χ3n) is 3.58. The molecule has 4 rings (SSSR count). The van der Waals surface area contributed by atoms with Gasteiger partial charge in [-0.15, -0.1) is 10.2 Å². The minimum absolute atomic E-state index is 0.252. The molecule has 0 radical (unpaired) electrons. The van der Waals surface area contributed by atoms with Crippen molar-refractivity contribution in [1.82, 2.24) is 19.8 Å². The van der Waals surface area contributed by atoms with Crippen LogP contribution in [0.3, 0.4) is 0 Å². The highest BCUT2D eigenvalue weighted by Crippen LogP contribution is 2.36. The second-order valence-corrected chi connectivity index (χ2v) is 5.79. The van der Waals surface area contributed by atoms with Gasteiger partial charge in [-0.3, -0.25) is 0 Å². The molecule has 1 aliphatic carbocycles. The maximum absolute atomic E-state index is 9.53. The van der Waals surface area contributed by atoms with E-state index >= 15 is 0 Å². The Morgan fingerprint density at radius 1 is 1.26 bits per heavy atom. The van der Waals surface area contributed by atoms with Crippen LogP contribution in [0.15, 0.2) is 24.3 Å². The van der Waals surface area contributed by atoms with E-state index in [1.54, 1.807) is 12.1 Å². The zero-order chi connectivity index (χ0) is 12.8. The van der Waals surface area contributed by atoms with Crippen LogP contribution in [0, 0.1) is 0 Å². The molecule has 2 aromatic heterocycles. The van der Waals surface area contributed by atoms with Crippen LogP contribution in [0.5, 0.6) is 5.75 Å². The molecule has 2 heterocycles. The highest BCUT2D eigenvalue weighted by atomic mass is 32.1. The molecule has 1 fully saturated rings. The largest absolute Gasteiger partial charge is 0.508 e. The Kier molecular flexibility index (Phi) is 2.32. The fourth-order valence-electron chi connectivity index (χ4n) is 2.31. The second kappa shape index (κ2) is 4.03. The van der Waals surface area contributed by atoms with Crippen molar-refractivity contribution >= 4 is 16.3 Å². The quantitative estimate of drug-likeness (QED) is 0.779. The fourth-order valence-corrected chi connectivity index (χ4v) is 3.15. The molecule has 0 unspecified atom stereocenters. The summed E-state index contributed by atoms with van der Waals surface area (Å²) < 4.78 is 1.86. The molecule has 0 bridgehead atoms. The number of hydrogen-bond donors (Lipinski definition) is 1. The Hall–Kier alpha value is -1.95. The lowest BCUT2D eigenvalue weighted by Gasteiger charge is -2.22. The minimum atomic E-state index is 0.252. The van der Waals surface area contributed by atoms with Crippen molar-refractivity contribution in [3.8, 4) is 16.3 Å². The summed E-state index contributed by atoms with van der Waals surface area (Å²) in [6, 6.07) is 7.13. The summed E-state index contributed by atoms with van der Waals surface area (Å²) in [6.07, 6.45) is 3.63. The molecule has 0 spiro atoms. The second-order valence-electron chi connectivity index (χ2n) is 4.84. The van der Waals surface area contributed by atoms with Crippen molar-refractivity contribution in [2.75, 3.05) is 0 Å². The number of nitrogens with zero attached hydrogens (tertiary/aromatic N) is 4. The molecule has 3 aromatic rings. The van der Waals surface area contributed by atoms with Crippen LogP contribution in [0.25, 0.3) is 15.5 Å². The Morgan fingerprint density at radius 2 is 2.16 bits per heavy atom. The maximum atomic E-state index is 9.53. The molecule has 1 aliphatic rings. The van der Waals surface area contributed by atoms with Crippen LogP contribution in [-0.2, 0) is 0 Å². The molecule has 0 amide bonds. The van der Waals surface area contributed by atoms with Crippen molar-refractivity contribution in [3.05, 3.63) is 30.1 Å². The summed E-state index contributed by atoms with van der Waals surface area (Å²) in [5.74, 6) is 1.74. The predicted octanol–water partition coefficient (Wildman–Crippen LogP) is 2.83. The number of fused-ring (bicyclic) bond motifs is 1. The van der Waals surface area contributed by atoms with Crippen LogP contribution >= 0.6 is 11.3 Å². The van der Waals surface area contributed by atoms with Gasteiger partial charge >= 0.3 is 0 Å². The van der Waals surface area contributed by atoms with E-state index in [9.17, 15) is 5.11 Å². The molecule has 0 saturated heterocycles. The molecule has 1 aromatic carbocycles. The number of aromatic nitrogens is 4. The number of rotatable bonds is 2. The van der Waals surface area contributed by atoms with Gasteiger partial charge in [0.25, 0.3) is 0 Å². The lowest BCUT2D eigenvalue weighted by molar-refractivity contribution is 0.395. The van der Waals surface area contributed by atoms with E-state index < -0.39 is 0 Å². The molecule has 0 aliphatic heterocycles. The summed E-state index contributed by atoms with van der Waals surface area (Å²) in [4.78, 5) is 0.820. The summed E-state index contributed by atoms with van der Waals surface area (Å²) >= 11 is 1.50. The number of hydrogen-bond acceptors (Lipinski definition) is 5. The Balaban J connectivity index is 1.81. The van der Waals surface area contributed by atoms with E-state index in [2.05, 4.69) is 15.3 Å². The van der Waals surface area contributed by atoms with E-state index in [0.717, 1.165) is 21.4 Å². The molecular weight excluding hydrogens is 260 g/mol. The van der Waals surface area contributed by atoms with Crippen LogP contribution in [0.2, 0.25) is 0 Å². The number of phenols is 1. The zero-order valence-electron chi connectivity index (χ0n) is 10.2. The Morgan fingerprint density at radius 3 is 2.89 bits per heavy atom. The van der Waals surface area contributed by atoms with E-state index in [0.29, 0.717) is 5.92 Å². The third-order valence-corrected chi connectivity index (χ3v) is 4.53. The van der Waals surface area contributed by atoms with Gasteiger partial charge in [-0.2, -0.15) is 9.61 Å². The van der Waals surface area contributed by atoms with Crippen molar-refractivity contribution in [1.29, 1.82) is 0 Å². The smallest absolute Gasteiger partial charge is 0.234 e. The summed E-state index contributed by atoms with van der Waals surface area (Å²) in [5.41, 5.74) is 0.912. The average Bonchev–Trinajstić information content (AvgIpc) is 2.89. The molecule has 6 heteroatoms. The maximum Gasteiger partial charge on any atom is 0.234 e. The van der Waals surface area contributed by atoms with E-state index in [1.807, 2.05) is 16.6 Å². The molecule has 19 heavy (non-hydrogen) atoms.